The molecule has 0 heterocycles. The highest BCUT2D eigenvalue weighted by atomic mass is 35.5. The normalized spacial score (nSPS) is 11.8. The number of hydrogen-bond acceptors (Lipinski definition) is 3. The summed E-state index contributed by atoms with van der Waals surface area (Å²) < 4.78 is 5.75. The lowest BCUT2D eigenvalue weighted by molar-refractivity contribution is -0.119. The first-order valence-corrected chi connectivity index (χ1v) is 9.38. The molecule has 0 saturated carbocycles. The van der Waals surface area contributed by atoms with Gasteiger partial charge >= 0.3 is 0 Å². The standard InChI is InChI=1S/C19H22ClNO2S/c1-14-7-3-6-10-18(14)23-11-15(2)21-19(22)13-24-12-16-8-4-5-9-17(16)20/h3-10,15H,11-13H2,1-2H3,(H,21,22)/t15-/m0/s1. The number of carbonyl (C=O) groups is 1. The Hall–Kier alpha value is -1.65. The second-order valence-corrected chi connectivity index (χ2v) is 7.02. The Morgan fingerprint density at radius 1 is 1.21 bits per heavy atom. The van der Waals surface area contributed by atoms with Crippen LogP contribution in [0.1, 0.15) is 18.1 Å². The number of benzene rings is 2. The molecule has 0 fully saturated rings. The fourth-order valence-corrected chi connectivity index (χ4v) is 3.28. The quantitative estimate of drug-likeness (QED) is 0.752. The molecular formula is C19H22ClNO2S. The number of carbonyl (C=O) groups excluding carboxylic acids is 1. The van der Waals surface area contributed by atoms with Gasteiger partial charge in [-0.3, -0.25) is 4.79 Å². The molecule has 1 amide bonds. The number of amides is 1. The highest BCUT2D eigenvalue weighted by Gasteiger charge is 2.09. The van der Waals surface area contributed by atoms with Crippen molar-refractivity contribution in [1.29, 1.82) is 0 Å². The predicted molar refractivity (Wildman–Crippen MR) is 102 cm³/mol. The molecule has 128 valence electrons. The molecule has 0 radical (unpaired) electrons. The second-order valence-electron chi connectivity index (χ2n) is 5.63. The van der Waals surface area contributed by atoms with Crippen LogP contribution in [0.15, 0.2) is 48.5 Å². The largest absolute Gasteiger partial charge is 0.491 e. The van der Waals surface area contributed by atoms with E-state index >= 15 is 0 Å². The molecule has 3 nitrogen and oxygen atoms in total. The molecule has 2 rings (SSSR count). The number of halogens is 1. The van der Waals surface area contributed by atoms with Crippen LogP contribution in [-0.2, 0) is 10.5 Å². The number of para-hydroxylation sites is 1. The van der Waals surface area contributed by atoms with E-state index in [1.165, 1.54) is 0 Å². The molecule has 0 aromatic heterocycles. The minimum Gasteiger partial charge on any atom is -0.491 e. The van der Waals surface area contributed by atoms with Gasteiger partial charge < -0.3 is 10.1 Å². The summed E-state index contributed by atoms with van der Waals surface area (Å²) in [5.74, 6) is 1.99. The zero-order valence-electron chi connectivity index (χ0n) is 13.9. The predicted octanol–water partition coefficient (Wildman–Crippen LogP) is 4.47. The minimum atomic E-state index is -0.0435. The molecule has 0 aliphatic carbocycles. The number of nitrogens with one attached hydrogen (secondary N) is 1. The molecule has 0 spiro atoms. The summed E-state index contributed by atoms with van der Waals surface area (Å²) in [7, 11) is 0. The lowest BCUT2D eigenvalue weighted by atomic mass is 10.2. The molecule has 24 heavy (non-hydrogen) atoms. The van der Waals surface area contributed by atoms with Gasteiger partial charge in [-0.15, -0.1) is 11.8 Å². The number of hydrogen-bond donors (Lipinski definition) is 1. The van der Waals surface area contributed by atoms with Gasteiger partial charge in [-0.2, -0.15) is 0 Å². The SMILES string of the molecule is Cc1ccccc1OC[C@H](C)NC(=O)CSCc1ccccc1Cl. The third kappa shape index (κ3) is 6.10. The van der Waals surface area contributed by atoms with E-state index in [0.29, 0.717) is 12.4 Å². The summed E-state index contributed by atoms with van der Waals surface area (Å²) >= 11 is 7.66. The van der Waals surface area contributed by atoms with Crippen LogP contribution in [0.3, 0.4) is 0 Å². The van der Waals surface area contributed by atoms with Crippen molar-refractivity contribution in [3.05, 3.63) is 64.7 Å². The summed E-state index contributed by atoms with van der Waals surface area (Å²) in [6.07, 6.45) is 0. The van der Waals surface area contributed by atoms with Crippen molar-refractivity contribution in [2.24, 2.45) is 0 Å². The van der Waals surface area contributed by atoms with Crippen molar-refractivity contribution < 1.29 is 9.53 Å². The molecule has 2 aromatic carbocycles. The van der Waals surface area contributed by atoms with Gasteiger partial charge in [0.1, 0.15) is 12.4 Å². The van der Waals surface area contributed by atoms with Gasteiger partial charge in [-0.05, 0) is 37.1 Å². The van der Waals surface area contributed by atoms with Crippen LogP contribution in [0.5, 0.6) is 5.75 Å². The monoisotopic (exact) mass is 363 g/mol. The maximum atomic E-state index is 12.0. The van der Waals surface area contributed by atoms with E-state index in [1.54, 1.807) is 11.8 Å². The van der Waals surface area contributed by atoms with Crippen LogP contribution >= 0.6 is 23.4 Å². The number of ether oxygens (including phenoxy) is 1. The molecular weight excluding hydrogens is 342 g/mol. The summed E-state index contributed by atoms with van der Waals surface area (Å²) in [4.78, 5) is 12.0. The fourth-order valence-electron chi connectivity index (χ4n) is 2.16. The van der Waals surface area contributed by atoms with E-state index < -0.39 is 0 Å². The zero-order valence-corrected chi connectivity index (χ0v) is 15.5. The maximum Gasteiger partial charge on any atom is 0.230 e. The smallest absolute Gasteiger partial charge is 0.230 e. The van der Waals surface area contributed by atoms with Crippen LogP contribution in [0, 0.1) is 6.92 Å². The third-order valence-electron chi connectivity index (χ3n) is 3.44. The minimum absolute atomic E-state index is 0.00735. The highest BCUT2D eigenvalue weighted by Crippen LogP contribution is 2.20. The molecule has 1 atom stereocenters. The topological polar surface area (TPSA) is 38.3 Å². The molecule has 5 heteroatoms. The Morgan fingerprint density at radius 3 is 2.67 bits per heavy atom. The van der Waals surface area contributed by atoms with Crippen molar-refractivity contribution in [1.82, 2.24) is 5.32 Å². The summed E-state index contributed by atoms with van der Waals surface area (Å²) in [5, 5.41) is 3.69. The van der Waals surface area contributed by atoms with Crippen molar-refractivity contribution >= 4 is 29.3 Å². The van der Waals surface area contributed by atoms with Gasteiger partial charge in [0.2, 0.25) is 5.91 Å². The number of thioether (sulfide) groups is 1. The zero-order chi connectivity index (χ0) is 17.4. The summed E-state index contributed by atoms with van der Waals surface area (Å²) in [5.41, 5.74) is 2.14. The van der Waals surface area contributed by atoms with E-state index in [1.807, 2.05) is 62.4 Å². The average molecular weight is 364 g/mol. The van der Waals surface area contributed by atoms with Gasteiger partial charge in [0.15, 0.2) is 0 Å². The molecule has 0 aliphatic rings. The van der Waals surface area contributed by atoms with Gasteiger partial charge in [-0.25, -0.2) is 0 Å². The Kier molecular flexibility index (Phi) is 7.47. The molecule has 0 unspecified atom stereocenters. The van der Waals surface area contributed by atoms with Crippen molar-refractivity contribution in [2.45, 2.75) is 25.6 Å². The lowest BCUT2D eigenvalue weighted by Crippen LogP contribution is -2.37. The molecule has 1 N–H and O–H groups in total. The summed E-state index contributed by atoms with van der Waals surface area (Å²) in [6, 6.07) is 15.5. The van der Waals surface area contributed by atoms with Crippen LogP contribution in [0.25, 0.3) is 0 Å². The second kappa shape index (κ2) is 9.60. The van der Waals surface area contributed by atoms with Crippen LogP contribution < -0.4 is 10.1 Å². The van der Waals surface area contributed by atoms with E-state index in [2.05, 4.69) is 5.32 Å². The Morgan fingerprint density at radius 2 is 1.92 bits per heavy atom. The molecule has 0 saturated heterocycles. The fraction of sp³-hybridized carbons (Fsp3) is 0.316. The van der Waals surface area contributed by atoms with Gasteiger partial charge in [0.05, 0.1) is 11.8 Å². The van der Waals surface area contributed by atoms with Gasteiger partial charge in [0.25, 0.3) is 0 Å². The van der Waals surface area contributed by atoms with E-state index in [-0.39, 0.29) is 11.9 Å². The maximum absolute atomic E-state index is 12.0. The first-order chi connectivity index (χ1) is 11.6. The van der Waals surface area contributed by atoms with Crippen LogP contribution in [0.2, 0.25) is 5.02 Å². The van der Waals surface area contributed by atoms with Gasteiger partial charge in [-0.1, -0.05) is 48.0 Å². The third-order valence-corrected chi connectivity index (χ3v) is 4.79. The van der Waals surface area contributed by atoms with Gasteiger partial charge in [0, 0.05) is 10.8 Å². The van der Waals surface area contributed by atoms with E-state index in [4.69, 9.17) is 16.3 Å². The van der Waals surface area contributed by atoms with Crippen molar-refractivity contribution in [2.75, 3.05) is 12.4 Å². The lowest BCUT2D eigenvalue weighted by Gasteiger charge is -2.16. The Labute approximate surface area is 152 Å². The molecule has 2 aromatic rings. The Balaban J connectivity index is 1.68. The summed E-state index contributed by atoms with van der Waals surface area (Å²) in [6.45, 7) is 4.39. The first-order valence-electron chi connectivity index (χ1n) is 7.85. The van der Waals surface area contributed by atoms with E-state index in [9.17, 15) is 4.79 Å². The highest BCUT2D eigenvalue weighted by molar-refractivity contribution is 7.99. The molecule has 0 bridgehead atoms. The number of rotatable bonds is 8. The van der Waals surface area contributed by atoms with Crippen LogP contribution in [-0.4, -0.2) is 24.3 Å². The first kappa shape index (κ1) is 18.7. The number of aryl methyl sites for hydroxylation is 1. The Bertz CT molecular complexity index is 678. The molecule has 0 aliphatic heterocycles. The van der Waals surface area contributed by atoms with Crippen molar-refractivity contribution in [3.63, 3.8) is 0 Å². The van der Waals surface area contributed by atoms with E-state index in [0.717, 1.165) is 27.7 Å². The average Bonchev–Trinajstić information content (AvgIpc) is 2.56. The van der Waals surface area contributed by atoms with Crippen molar-refractivity contribution in [3.8, 4) is 5.75 Å². The van der Waals surface area contributed by atoms with Crippen LogP contribution in [0.4, 0.5) is 0 Å².